The monoisotopic (exact) mass is 348 g/mol. The van der Waals surface area contributed by atoms with Gasteiger partial charge in [0.2, 0.25) is 0 Å². The van der Waals surface area contributed by atoms with Crippen molar-refractivity contribution in [2.45, 2.75) is 19.6 Å². The Bertz CT molecular complexity index is 697. The molecule has 6 nitrogen and oxygen atoms in total. The number of carbonyl (C=O) groups excluding carboxylic acids is 2. The maximum atomic E-state index is 11.8. The fraction of sp³-hybridized carbons (Fsp3) is 0.294. The van der Waals surface area contributed by atoms with Gasteiger partial charge in [-0.15, -0.1) is 11.3 Å². The number of aliphatic hydroxyl groups excluding tert-OH is 1. The van der Waals surface area contributed by atoms with Crippen molar-refractivity contribution in [1.82, 2.24) is 10.6 Å². The van der Waals surface area contributed by atoms with E-state index in [1.54, 1.807) is 31.4 Å². The van der Waals surface area contributed by atoms with Crippen LogP contribution in [0.2, 0.25) is 0 Å². The number of amides is 2. The van der Waals surface area contributed by atoms with Crippen LogP contribution >= 0.6 is 11.3 Å². The number of aryl methyl sites for hydroxylation is 1. The zero-order chi connectivity index (χ0) is 17.5. The Hall–Kier alpha value is -2.38. The number of nitrogens with one attached hydrogen (secondary N) is 2. The van der Waals surface area contributed by atoms with Crippen LogP contribution in [0.15, 0.2) is 35.7 Å². The topological polar surface area (TPSA) is 87.7 Å². The molecule has 0 saturated carbocycles. The van der Waals surface area contributed by atoms with Crippen molar-refractivity contribution in [3.05, 3.63) is 51.7 Å². The molecule has 7 heteroatoms. The molecule has 0 aliphatic carbocycles. The van der Waals surface area contributed by atoms with Gasteiger partial charge in [0.05, 0.1) is 7.11 Å². The molecule has 0 aliphatic heterocycles. The normalized spacial score (nSPS) is 11.6. The third-order valence-electron chi connectivity index (χ3n) is 3.48. The molecule has 0 saturated heterocycles. The van der Waals surface area contributed by atoms with Gasteiger partial charge < -0.3 is 20.5 Å². The number of ether oxygens (including phenoxy) is 1. The molecule has 0 aliphatic rings. The van der Waals surface area contributed by atoms with E-state index in [2.05, 4.69) is 10.6 Å². The minimum Gasteiger partial charge on any atom is -0.497 e. The molecular weight excluding hydrogens is 328 g/mol. The van der Waals surface area contributed by atoms with Crippen LogP contribution in [0.1, 0.15) is 22.1 Å². The summed E-state index contributed by atoms with van der Waals surface area (Å²) in [5, 5.41) is 16.9. The number of benzene rings is 1. The zero-order valence-corrected chi connectivity index (χ0v) is 14.4. The molecule has 24 heavy (non-hydrogen) atoms. The van der Waals surface area contributed by atoms with Crippen LogP contribution in [0.25, 0.3) is 0 Å². The lowest BCUT2D eigenvalue weighted by Crippen LogP contribution is -2.41. The largest absolute Gasteiger partial charge is 0.497 e. The number of rotatable bonds is 6. The maximum Gasteiger partial charge on any atom is 0.309 e. The maximum absolute atomic E-state index is 11.8. The average molecular weight is 348 g/mol. The second-order valence-electron chi connectivity index (χ2n) is 5.22. The molecule has 1 aromatic heterocycles. The zero-order valence-electron chi connectivity index (χ0n) is 13.5. The molecular formula is C17H20N2O4S. The summed E-state index contributed by atoms with van der Waals surface area (Å²) in [6, 6.07) is 9.07. The Labute approximate surface area is 144 Å². The number of thiophene rings is 1. The third kappa shape index (κ3) is 4.81. The third-order valence-corrected chi connectivity index (χ3v) is 4.60. The molecule has 2 amide bonds. The fourth-order valence-electron chi connectivity index (χ4n) is 2.09. The summed E-state index contributed by atoms with van der Waals surface area (Å²) in [5.74, 6) is -0.779. The highest BCUT2D eigenvalue weighted by molar-refractivity contribution is 7.10. The van der Waals surface area contributed by atoms with E-state index in [1.807, 2.05) is 18.4 Å². The summed E-state index contributed by atoms with van der Waals surface area (Å²) in [6.45, 7) is 2.12. The first kappa shape index (κ1) is 18.0. The van der Waals surface area contributed by atoms with Crippen molar-refractivity contribution in [3.8, 4) is 5.75 Å². The Balaban J connectivity index is 1.77. The molecule has 1 heterocycles. The highest BCUT2D eigenvalue weighted by atomic mass is 32.1. The lowest BCUT2D eigenvalue weighted by Gasteiger charge is -2.11. The van der Waals surface area contributed by atoms with Crippen molar-refractivity contribution in [2.24, 2.45) is 0 Å². The van der Waals surface area contributed by atoms with Gasteiger partial charge in [-0.3, -0.25) is 9.59 Å². The van der Waals surface area contributed by atoms with Gasteiger partial charge in [-0.2, -0.15) is 0 Å². The van der Waals surface area contributed by atoms with Crippen LogP contribution in [0.3, 0.4) is 0 Å². The van der Waals surface area contributed by atoms with E-state index >= 15 is 0 Å². The minimum absolute atomic E-state index is 0.00383. The fourth-order valence-corrected chi connectivity index (χ4v) is 3.01. The van der Waals surface area contributed by atoms with Gasteiger partial charge in [0.15, 0.2) is 0 Å². The summed E-state index contributed by atoms with van der Waals surface area (Å²) >= 11 is 1.42. The van der Waals surface area contributed by atoms with Gasteiger partial charge >= 0.3 is 11.8 Å². The number of carbonyl (C=O) groups is 2. The molecule has 1 unspecified atom stereocenters. The number of hydrogen-bond acceptors (Lipinski definition) is 5. The van der Waals surface area contributed by atoms with Crippen LogP contribution in [-0.2, 0) is 16.1 Å². The number of aliphatic hydroxyl groups is 1. The summed E-state index contributed by atoms with van der Waals surface area (Å²) in [6.07, 6.45) is -0.816. The second-order valence-corrected chi connectivity index (χ2v) is 6.17. The van der Waals surface area contributed by atoms with Crippen molar-refractivity contribution in [1.29, 1.82) is 0 Å². The van der Waals surface area contributed by atoms with Gasteiger partial charge in [0.1, 0.15) is 11.9 Å². The highest BCUT2D eigenvalue weighted by Crippen LogP contribution is 2.23. The molecule has 3 N–H and O–H groups in total. The second kappa shape index (κ2) is 8.47. The lowest BCUT2D eigenvalue weighted by molar-refractivity contribution is -0.139. The number of methoxy groups -OCH3 is 1. The molecule has 1 atom stereocenters. The van der Waals surface area contributed by atoms with Gasteiger partial charge in [-0.25, -0.2) is 0 Å². The first-order chi connectivity index (χ1) is 11.5. The SMILES string of the molecule is COc1ccc(CNC(=O)C(=O)NCC(O)c2sccc2C)cc1. The molecule has 1 aromatic carbocycles. The van der Waals surface area contributed by atoms with Crippen LogP contribution in [0.5, 0.6) is 5.75 Å². The molecule has 0 bridgehead atoms. The standard InChI is InChI=1S/C17H20N2O4S/c1-11-7-8-24-15(11)14(20)10-19-17(22)16(21)18-9-12-3-5-13(23-2)6-4-12/h3-8,14,20H,9-10H2,1-2H3,(H,18,21)(H,19,22). The van der Waals surface area contributed by atoms with Crippen molar-refractivity contribution < 1.29 is 19.4 Å². The minimum atomic E-state index is -0.816. The quantitative estimate of drug-likeness (QED) is 0.691. The predicted molar refractivity (Wildman–Crippen MR) is 91.9 cm³/mol. The lowest BCUT2D eigenvalue weighted by atomic mass is 10.2. The van der Waals surface area contributed by atoms with Gasteiger partial charge in [0.25, 0.3) is 0 Å². The summed E-state index contributed by atoms with van der Waals surface area (Å²) in [7, 11) is 1.58. The average Bonchev–Trinajstić information content (AvgIpc) is 3.03. The van der Waals surface area contributed by atoms with E-state index < -0.39 is 17.9 Å². The molecule has 2 rings (SSSR count). The molecule has 0 radical (unpaired) electrons. The van der Waals surface area contributed by atoms with Gasteiger partial charge in [0, 0.05) is 18.0 Å². The molecule has 128 valence electrons. The Morgan fingerprint density at radius 1 is 1.17 bits per heavy atom. The van der Waals surface area contributed by atoms with Crippen LogP contribution < -0.4 is 15.4 Å². The van der Waals surface area contributed by atoms with Gasteiger partial charge in [-0.05, 0) is 41.6 Å². The van der Waals surface area contributed by atoms with Crippen molar-refractivity contribution in [2.75, 3.05) is 13.7 Å². The predicted octanol–water partition coefficient (Wildman–Crippen LogP) is 1.53. The van der Waals surface area contributed by atoms with E-state index in [0.29, 0.717) is 0 Å². The Morgan fingerprint density at radius 2 is 1.83 bits per heavy atom. The molecule has 0 fully saturated rings. The van der Waals surface area contributed by atoms with Gasteiger partial charge in [-0.1, -0.05) is 12.1 Å². The highest BCUT2D eigenvalue weighted by Gasteiger charge is 2.17. The molecule has 2 aromatic rings. The summed E-state index contributed by atoms with van der Waals surface area (Å²) < 4.78 is 5.05. The smallest absolute Gasteiger partial charge is 0.309 e. The first-order valence-corrected chi connectivity index (χ1v) is 8.30. The first-order valence-electron chi connectivity index (χ1n) is 7.42. The number of hydrogen-bond donors (Lipinski definition) is 3. The summed E-state index contributed by atoms with van der Waals surface area (Å²) in [5.41, 5.74) is 1.82. The van der Waals surface area contributed by atoms with Crippen LogP contribution in [0.4, 0.5) is 0 Å². The van der Waals surface area contributed by atoms with E-state index in [-0.39, 0.29) is 13.1 Å². The van der Waals surface area contributed by atoms with E-state index in [1.165, 1.54) is 11.3 Å². The Morgan fingerprint density at radius 3 is 2.42 bits per heavy atom. The van der Waals surface area contributed by atoms with E-state index in [9.17, 15) is 14.7 Å². The van der Waals surface area contributed by atoms with Crippen molar-refractivity contribution in [3.63, 3.8) is 0 Å². The van der Waals surface area contributed by atoms with E-state index in [4.69, 9.17) is 4.74 Å². The summed E-state index contributed by atoms with van der Waals surface area (Å²) in [4.78, 5) is 24.3. The molecule has 0 spiro atoms. The van der Waals surface area contributed by atoms with Crippen molar-refractivity contribution >= 4 is 23.2 Å². The van der Waals surface area contributed by atoms with Crippen LogP contribution in [-0.4, -0.2) is 30.6 Å². The van der Waals surface area contributed by atoms with E-state index in [0.717, 1.165) is 21.8 Å². The Kier molecular flexibility index (Phi) is 6.34. The van der Waals surface area contributed by atoms with Crippen LogP contribution in [0, 0.1) is 6.92 Å².